The average molecular weight is 765 g/mol. The maximum absolute atomic E-state index is 5.76. The highest BCUT2D eigenvalue weighted by Gasteiger charge is 2.41. The van der Waals surface area contributed by atoms with E-state index in [1.165, 1.54) is 0 Å². The van der Waals surface area contributed by atoms with Gasteiger partial charge in [-0.1, -0.05) is 0 Å². The first-order valence-corrected chi connectivity index (χ1v) is 23.6. The Balaban J connectivity index is 0.000000370. The summed E-state index contributed by atoms with van der Waals surface area (Å²) in [5.41, 5.74) is 0. The molecule has 18 heteroatoms. The Morgan fingerprint density at radius 1 is 0.429 bits per heavy atom. The molecule has 0 amide bonds. The summed E-state index contributed by atoms with van der Waals surface area (Å²) in [6.07, 6.45) is 1.84. The number of ether oxygens (including phenoxy) is 6. The van der Waals surface area contributed by atoms with Crippen molar-refractivity contribution in [2.75, 3.05) is 120 Å². The Bertz CT molecular complexity index is 717. The lowest BCUT2D eigenvalue weighted by Gasteiger charge is -2.28. The molecule has 3 unspecified atom stereocenters. The monoisotopic (exact) mass is 764 g/mol. The van der Waals surface area contributed by atoms with Gasteiger partial charge in [0.15, 0.2) is 0 Å². The largest absolute Gasteiger partial charge is 0.503 e. The third-order valence-electron chi connectivity index (χ3n) is 7.11. The molecular formula is C31H68O15Si3. The van der Waals surface area contributed by atoms with Crippen molar-refractivity contribution in [2.45, 2.75) is 84.4 Å². The summed E-state index contributed by atoms with van der Waals surface area (Å²) in [5, 5.41) is 0. The van der Waals surface area contributed by atoms with Crippen molar-refractivity contribution in [3.05, 3.63) is 0 Å². The Morgan fingerprint density at radius 3 is 1.00 bits per heavy atom. The summed E-state index contributed by atoms with van der Waals surface area (Å²) in [7, 11) is -2.61. The van der Waals surface area contributed by atoms with E-state index in [-0.39, 0.29) is 0 Å². The van der Waals surface area contributed by atoms with Crippen LogP contribution in [0.5, 0.6) is 0 Å². The van der Waals surface area contributed by atoms with Gasteiger partial charge >= 0.3 is 26.4 Å². The molecule has 0 spiro atoms. The van der Waals surface area contributed by atoms with Gasteiger partial charge in [-0.2, -0.15) is 0 Å². The average Bonchev–Trinajstić information content (AvgIpc) is 3.93. The van der Waals surface area contributed by atoms with Gasteiger partial charge in [0.05, 0.1) is 52.9 Å². The first-order chi connectivity index (χ1) is 23.8. The minimum Gasteiger partial charge on any atom is -0.379 e. The van der Waals surface area contributed by atoms with Crippen LogP contribution >= 0.6 is 0 Å². The van der Waals surface area contributed by atoms with Gasteiger partial charge in [-0.15, -0.1) is 0 Å². The van der Waals surface area contributed by atoms with Crippen LogP contribution in [0.4, 0.5) is 0 Å². The molecule has 0 bridgehead atoms. The highest BCUT2D eigenvalue weighted by atomic mass is 28.4. The van der Waals surface area contributed by atoms with E-state index in [0.717, 1.165) is 32.3 Å². The molecule has 0 aromatic heterocycles. The lowest BCUT2D eigenvalue weighted by atomic mass is 10.5. The van der Waals surface area contributed by atoms with Crippen LogP contribution in [-0.4, -0.2) is 165 Å². The summed E-state index contributed by atoms with van der Waals surface area (Å²) in [4.78, 5) is 0. The summed E-state index contributed by atoms with van der Waals surface area (Å²) < 4.78 is 81.8. The third kappa shape index (κ3) is 22.7. The Hall–Kier alpha value is 0.0506. The molecule has 3 saturated heterocycles. The fraction of sp³-hybridized carbons (Fsp3) is 1.00. The molecule has 3 aliphatic heterocycles. The van der Waals surface area contributed by atoms with Gasteiger partial charge in [0.2, 0.25) is 0 Å². The van der Waals surface area contributed by atoms with E-state index >= 15 is 0 Å². The maximum atomic E-state index is 5.76. The third-order valence-corrected chi connectivity index (χ3v) is 15.9. The first-order valence-electron chi connectivity index (χ1n) is 17.9. The van der Waals surface area contributed by atoms with Crippen molar-refractivity contribution in [3.63, 3.8) is 0 Å². The van der Waals surface area contributed by atoms with Gasteiger partial charge < -0.3 is 68.3 Å². The van der Waals surface area contributed by atoms with Crippen molar-refractivity contribution in [1.29, 1.82) is 0 Å². The molecule has 3 fully saturated rings. The van der Waals surface area contributed by atoms with E-state index in [9.17, 15) is 0 Å². The van der Waals surface area contributed by atoms with E-state index < -0.39 is 26.4 Å². The molecule has 15 nitrogen and oxygen atoms in total. The molecule has 49 heavy (non-hydrogen) atoms. The Morgan fingerprint density at radius 2 is 0.714 bits per heavy atom. The van der Waals surface area contributed by atoms with Gasteiger partial charge in [-0.3, -0.25) is 0 Å². The van der Waals surface area contributed by atoms with Crippen LogP contribution in [0.3, 0.4) is 0 Å². The predicted molar refractivity (Wildman–Crippen MR) is 189 cm³/mol. The SMILES string of the molecule is CCO[Si](CCCOCC1CO1)(OCC)OCC.CCO[Si](CCOCC1CO1)(OCC)OCC.CO[Si](CCOCC1CO1)(OC)OC. The molecule has 0 aromatic carbocycles. The first kappa shape index (κ1) is 47.1. The normalized spacial score (nSPS) is 19.9. The fourth-order valence-corrected chi connectivity index (χ4v) is 11.0. The zero-order chi connectivity index (χ0) is 36.3. The van der Waals surface area contributed by atoms with Crippen LogP contribution in [0, 0.1) is 0 Å². The van der Waals surface area contributed by atoms with Gasteiger partial charge in [-0.05, 0) is 48.0 Å². The number of rotatable bonds is 31. The standard InChI is InChI=1S/C12H26O5Si.C11H24O5Si.C8H18O5Si/c1-4-15-18(16-5-2,17-6-3)9-7-8-13-10-12-11-14-12;1-4-14-17(15-5-2,16-6-3)8-7-12-9-11-10-13-11;1-9-14(10-2,11-3)5-4-12-6-8-7-13-8/h12H,4-11H2,1-3H3;11H,4-10H2,1-3H3;8H,4-7H2,1-3H3. The second-order valence-electron chi connectivity index (χ2n) is 11.0. The van der Waals surface area contributed by atoms with Crippen LogP contribution in [0.15, 0.2) is 0 Å². The molecule has 3 rings (SSSR count). The highest BCUT2D eigenvalue weighted by Crippen LogP contribution is 2.19. The topological polar surface area (TPSA) is 148 Å². The van der Waals surface area contributed by atoms with Gasteiger partial charge in [-0.25, -0.2) is 0 Å². The Labute approximate surface area is 299 Å². The van der Waals surface area contributed by atoms with Crippen LogP contribution in [0.2, 0.25) is 18.1 Å². The van der Waals surface area contributed by atoms with E-state index in [0.29, 0.717) is 110 Å². The smallest absolute Gasteiger partial charge is 0.379 e. The second kappa shape index (κ2) is 28.5. The molecule has 3 heterocycles. The molecule has 3 atom stereocenters. The summed E-state index contributed by atoms with van der Waals surface area (Å²) in [6, 6.07) is 2.19. The van der Waals surface area contributed by atoms with E-state index in [2.05, 4.69) is 0 Å². The fourth-order valence-electron chi connectivity index (χ4n) is 4.48. The predicted octanol–water partition coefficient (Wildman–Crippen LogP) is 3.57. The van der Waals surface area contributed by atoms with Crippen molar-refractivity contribution in [2.24, 2.45) is 0 Å². The van der Waals surface area contributed by atoms with Gasteiger partial charge in [0.1, 0.15) is 18.3 Å². The number of epoxide rings is 3. The van der Waals surface area contributed by atoms with Crippen molar-refractivity contribution in [1.82, 2.24) is 0 Å². The van der Waals surface area contributed by atoms with Crippen LogP contribution in [0.25, 0.3) is 0 Å². The van der Waals surface area contributed by atoms with Crippen LogP contribution < -0.4 is 0 Å². The lowest BCUT2D eigenvalue weighted by molar-refractivity contribution is 0.0556. The molecule has 0 aliphatic carbocycles. The van der Waals surface area contributed by atoms with E-state index in [1.807, 2.05) is 41.5 Å². The number of hydrogen-bond acceptors (Lipinski definition) is 15. The van der Waals surface area contributed by atoms with E-state index in [1.54, 1.807) is 21.3 Å². The molecule has 0 N–H and O–H groups in total. The van der Waals surface area contributed by atoms with Crippen LogP contribution in [0.1, 0.15) is 48.0 Å². The summed E-state index contributed by atoms with van der Waals surface area (Å²) >= 11 is 0. The maximum Gasteiger partial charge on any atom is 0.503 e. The molecule has 0 saturated carbocycles. The van der Waals surface area contributed by atoms with Crippen LogP contribution in [-0.2, 0) is 68.3 Å². The van der Waals surface area contributed by atoms with Gasteiger partial charge in [0.25, 0.3) is 0 Å². The van der Waals surface area contributed by atoms with Crippen molar-refractivity contribution in [3.8, 4) is 0 Å². The van der Waals surface area contributed by atoms with Gasteiger partial charge in [0, 0.05) is 85.7 Å². The van der Waals surface area contributed by atoms with Crippen molar-refractivity contribution >= 4 is 26.4 Å². The zero-order valence-electron chi connectivity index (χ0n) is 31.8. The molecule has 3 aliphatic rings. The molecule has 294 valence electrons. The molecular weight excluding hydrogens is 697 g/mol. The lowest BCUT2D eigenvalue weighted by Crippen LogP contribution is -2.46. The molecule has 0 radical (unpaired) electrons. The quantitative estimate of drug-likeness (QED) is 0.0575. The minimum absolute atomic E-state index is 0.303. The number of hydrogen-bond donors (Lipinski definition) is 0. The Kier molecular flexibility index (Phi) is 27.4. The minimum atomic E-state index is -2.51. The zero-order valence-corrected chi connectivity index (χ0v) is 34.8. The second-order valence-corrected chi connectivity index (χ2v) is 19.5. The highest BCUT2D eigenvalue weighted by molar-refractivity contribution is 6.61. The summed E-state index contributed by atoms with van der Waals surface area (Å²) in [5.74, 6) is 0. The van der Waals surface area contributed by atoms with E-state index in [4.69, 9.17) is 68.3 Å². The van der Waals surface area contributed by atoms with Crippen molar-refractivity contribution < 1.29 is 68.3 Å². The summed E-state index contributed by atoms with van der Waals surface area (Å²) in [6.45, 7) is 21.9. The molecule has 0 aromatic rings.